The van der Waals surface area contributed by atoms with E-state index < -0.39 is 0 Å². The van der Waals surface area contributed by atoms with Gasteiger partial charge in [-0.3, -0.25) is 0 Å². The van der Waals surface area contributed by atoms with Crippen LogP contribution in [-0.4, -0.2) is 22.9 Å². The van der Waals surface area contributed by atoms with Crippen LogP contribution in [0.4, 0.5) is 0 Å². The molecule has 0 aromatic heterocycles. The van der Waals surface area contributed by atoms with E-state index in [4.69, 9.17) is 0 Å². The molecule has 0 bridgehead atoms. The molecule has 0 aromatic carbocycles. The average molecular weight is 169 g/mol. The summed E-state index contributed by atoms with van der Waals surface area (Å²) < 4.78 is 3.02. The minimum absolute atomic E-state index is 0.0800. The molecule has 0 N–H and O–H groups in total. The second-order valence-electron chi connectivity index (χ2n) is 1.23. The van der Waals surface area contributed by atoms with Crippen molar-refractivity contribution < 1.29 is 0 Å². The van der Waals surface area contributed by atoms with Crippen molar-refractivity contribution in [2.75, 3.05) is 0 Å². The van der Waals surface area contributed by atoms with Crippen LogP contribution in [0.5, 0.6) is 0 Å². The van der Waals surface area contributed by atoms with Crippen molar-refractivity contribution in [1.29, 1.82) is 0 Å². The van der Waals surface area contributed by atoms with Crippen molar-refractivity contribution in [2.45, 2.75) is 8.35 Å². The molecule has 0 saturated heterocycles. The Bertz CT molecular complexity index is 41.6. The summed E-state index contributed by atoms with van der Waals surface area (Å²) in [6.45, 7) is 0. The Morgan fingerprint density at radius 3 is 2.00 bits per heavy atom. The molecule has 0 aliphatic carbocycles. The van der Waals surface area contributed by atoms with Crippen LogP contribution in [0.1, 0.15) is 0 Å². The maximum absolute atomic E-state index is 2.32. The van der Waals surface area contributed by atoms with Crippen LogP contribution >= 0.6 is 0 Å². The van der Waals surface area contributed by atoms with E-state index in [1.165, 1.54) is 8.35 Å². The average Bonchev–Trinajstić information content (AvgIpc) is 1.76. The molecule has 0 saturated carbocycles. The number of rotatable bonds is 0. The Labute approximate surface area is 43.6 Å². The molecule has 1 aliphatic heterocycles. The van der Waals surface area contributed by atoms with E-state index in [1.807, 2.05) is 0 Å². The quantitative estimate of drug-likeness (QED) is 0.476. The Kier molecular flexibility index (Phi) is 1.45. The SMILES string of the molecule is C1=C[CH2][In][CH2]1. The van der Waals surface area contributed by atoms with Crippen molar-refractivity contribution in [3.8, 4) is 0 Å². The zero-order valence-corrected chi connectivity index (χ0v) is 6.44. The Balaban J connectivity index is 2.32. The van der Waals surface area contributed by atoms with Crippen molar-refractivity contribution in [2.24, 2.45) is 0 Å². The summed E-state index contributed by atoms with van der Waals surface area (Å²) in [5.41, 5.74) is 0. The Morgan fingerprint density at radius 2 is 1.80 bits per heavy atom. The van der Waals surface area contributed by atoms with Crippen LogP contribution in [0.2, 0.25) is 8.35 Å². The number of hydrogen-bond donors (Lipinski definition) is 0. The molecule has 0 nitrogen and oxygen atoms in total. The van der Waals surface area contributed by atoms with Crippen LogP contribution in [-0.2, 0) is 0 Å². The first-order valence-corrected chi connectivity index (χ1v) is 6.63. The minimum atomic E-state index is 0.0800. The zero-order valence-electron chi connectivity index (χ0n) is 3.15. The van der Waals surface area contributed by atoms with Crippen LogP contribution in [0.3, 0.4) is 0 Å². The van der Waals surface area contributed by atoms with Crippen molar-refractivity contribution in [3.05, 3.63) is 12.2 Å². The van der Waals surface area contributed by atoms with Crippen LogP contribution < -0.4 is 0 Å². The second kappa shape index (κ2) is 1.91. The third-order valence-corrected chi connectivity index (χ3v) is 4.23. The first-order chi connectivity index (χ1) is 2.50. The summed E-state index contributed by atoms with van der Waals surface area (Å²) in [4.78, 5) is 0. The second-order valence-corrected chi connectivity index (χ2v) is 5.57. The molecular weight excluding hydrogens is 163 g/mol. The van der Waals surface area contributed by atoms with Gasteiger partial charge in [0, 0.05) is 0 Å². The van der Waals surface area contributed by atoms with Gasteiger partial charge in [0.2, 0.25) is 0 Å². The van der Waals surface area contributed by atoms with Gasteiger partial charge in [0.1, 0.15) is 0 Å². The monoisotopic (exact) mass is 169 g/mol. The van der Waals surface area contributed by atoms with E-state index in [1.54, 1.807) is 0 Å². The number of allylic oxidation sites excluding steroid dienone is 2. The summed E-state index contributed by atoms with van der Waals surface area (Å²) in [6, 6.07) is 0. The zero-order chi connectivity index (χ0) is 3.54. The molecule has 25 valence electrons. The molecule has 1 aliphatic rings. The third kappa shape index (κ3) is 0.998. The molecule has 1 heteroatoms. The van der Waals surface area contributed by atoms with Gasteiger partial charge in [0.05, 0.1) is 0 Å². The maximum atomic E-state index is 2.32. The fourth-order valence-electron chi connectivity index (χ4n) is 0.481. The fourth-order valence-corrected chi connectivity index (χ4v) is 3.23. The van der Waals surface area contributed by atoms with E-state index in [0.717, 1.165) is 0 Å². The molecule has 1 heterocycles. The van der Waals surface area contributed by atoms with Crippen molar-refractivity contribution in [1.82, 2.24) is 0 Å². The normalized spacial score (nSPS) is 19.2. The van der Waals surface area contributed by atoms with Crippen LogP contribution in [0, 0.1) is 0 Å². The Hall–Kier alpha value is 0.610. The Morgan fingerprint density at radius 1 is 1.20 bits per heavy atom. The summed E-state index contributed by atoms with van der Waals surface area (Å²) in [5.74, 6) is 0. The van der Waals surface area contributed by atoms with Gasteiger partial charge in [-0.05, 0) is 0 Å². The van der Waals surface area contributed by atoms with E-state index in [0.29, 0.717) is 0 Å². The molecule has 1 radical (unpaired) electrons. The molecule has 0 aromatic rings. The third-order valence-electron chi connectivity index (χ3n) is 0.772. The van der Waals surface area contributed by atoms with Crippen molar-refractivity contribution >= 4 is 22.9 Å². The van der Waals surface area contributed by atoms with Gasteiger partial charge in [0.15, 0.2) is 0 Å². The summed E-state index contributed by atoms with van der Waals surface area (Å²) in [6.07, 6.45) is 4.64. The molecule has 1 rings (SSSR count). The van der Waals surface area contributed by atoms with E-state index in [2.05, 4.69) is 12.2 Å². The predicted molar refractivity (Wildman–Crippen MR) is 24.5 cm³/mol. The standard InChI is InChI=1S/C4H6.In/c1-3-4-2;/h3-4H,1-2H2;. The first kappa shape index (κ1) is 3.79. The van der Waals surface area contributed by atoms with Crippen molar-refractivity contribution in [3.63, 3.8) is 0 Å². The summed E-state index contributed by atoms with van der Waals surface area (Å²) in [7, 11) is 0. The molecule has 0 amide bonds. The van der Waals surface area contributed by atoms with Gasteiger partial charge in [-0.2, -0.15) is 0 Å². The summed E-state index contributed by atoms with van der Waals surface area (Å²) in [5, 5.41) is 0. The molecular formula is C4H6In. The van der Waals surface area contributed by atoms with E-state index in [-0.39, 0.29) is 22.9 Å². The van der Waals surface area contributed by atoms with Crippen LogP contribution in [0.25, 0.3) is 0 Å². The molecule has 0 atom stereocenters. The van der Waals surface area contributed by atoms with Gasteiger partial charge < -0.3 is 0 Å². The van der Waals surface area contributed by atoms with Gasteiger partial charge in [-0.1, -0.05) is 0 Å². The van der Waals surface area contributed by atoms with Gasteiger partial charge >= 0.3 is 43.4 Å². The molecule has 0 unspecified atom stereocenters. The van der Waals surface area contributed by atoms with Gasteiger partial charge in [-0.25, -0.2) is 0 Å². The topological polar surface area (TPSA) is 0 Å². The van der Waals surface area contributed by atoms with Gasteiger partial charge in [-0.15, -0.1) is 0 Å². The van der Waals surface area contributed by atoms with Crippen LogP contribution in [0.15, 0.2) is 12.2 Å². The molecule has 5 heavy (non-hydrogen) atoms. The molecule has 0 spiro atoms. The molecule has 0 fully saturated rings. The first-order valence-electron chi connectivity index (χ1n) is 1.97. The predicted octanol–water partition coefficient (Wildman–Crippen LogP) is 1.10. The fraction of sp³-hybridized carbons (Fsp3) is 0.500. The van der Waals surface area contributed by atoms with E-state index in [9.17, 15) is 0 Å². The van der Waals surface area contributed by atoms with E-state index >= 15 is 0 Å². The number of hydrogen-bond acceptors (Lipinski definition) is 0. The van der Waals surface area contributed by atoms with Gasteiger partial charge in [0.25, 0.3) is 0 Å². The summed E-state index contributed by atoms with van der Waals surface area (Å²) >= 11 is 0.0800.